The first-order valence-corrected chi connectivity index (χ1v) is 11.2. The highest BCUT2D eigenvalue weighted by Crippen LogP contribution is 2.37. The number of carbonyl (C=O) groups excluding carboxylic acids is 2. The first-order chi connectivity index (χ1) is 13.4. The van der Waals surface area contributed by atoms with Gasteiger partial charge in [0.15, 0.2) is 0 Å². The van der Waals surface area contributed by atoms with Crippen LogP contribution in [0.15, 0.2) is 44.7 Å². The molecule has 0 saturated carbocycles. The summed E-state index contributed by atoms with van der Waals surface area (Å²) in [5.41, 5.74) is 3.22. The van der Waals surface area contributed by atoms with E-state index >= 15 is 0 Å². The van der Waals surface area contributed by atoms with Gasteiger partial charge in [0, 0.05) is 27.4 Å². The molecule has 1 atom stereocenters. The number of aryl methyl sites for hydroxylation is 2. The van der Waals surface area contributed by atoms with E-state index in [-0.39, 0.29) is 29.9 Å². The Morgan fingerprint density at radius 1 is 1.43 bits per heavy atom. The summed E-state index contributed by atoms with van der Waals surface area (Å²) in [6, 6.07) is 9.95. The number of thiophene rings is 1. The van der Waals surface area contributed by atoms with Crippen molar-refractivity contribution >= 4 is 56.5 Å². The maximum atomic E-state index is 12.5. The zero-order valence-corrected chi connectivity index (χ0v) is 18.6. The summed E-state index contributed by atoms with van der Waals surface area (Å²) in [6.07, 6.45) is 0.247. The number of carbonyl (C=O) groups is 2. The minimum absolute atomic E-state index is 0.104. The number of nitrogens with zero attached hydrogens (tertiary/aromatic N) is 1. The third-order valence-electron chi connectivity index (χ3n) is 4.35. The average Bonchev–Trinajstić information content (AvgIpc) is 3.17. The predicted molar refractivity (Wildman–Crippen MR) is 117 cm³/mol. The molecule has 2 aromatic rings. The normalized spacial score (nSPS) is 16.5. The van der Waals surface area contributed by atoms with Gasteiger partial charge in [0.05, 0.1) is 22.4 Å². The SMILES string of the molecule is Cc1cc(Br)cc(C)c1NC(=O)CSC1=C(C#N)[C@H](c2cccs2)CC(=O)N1. The number of benzene rings is 1. The lowest BCUT2D eigenvalue weighted by atomic mass is 9.93. The molecule has 0 bridgehead atoms. The van der Waals surface area contributed by atoms with Crippen LogP contribution in [0.1, 0.15) is 28.3 Å². The van der Waals surface area contributed by atoms with Gasteiger partial charge in [-0.3, -0.25) is 9.59 Å². The smallest absolute Gasteiger partial charge is 0.234 e. The predicted octanol–water partition coefficient (Wildman–Crippen LogP) is 4.84. The molecule has 1 aliphatic heterocycles. The van der Waals surface area contributed by atoms with Crippen LogP contribution in [0.25, 0.3) is 0 Å². The van der Waals surface area contributed by atoms with Gasteiger partial charge in [-0.15, -0.1) is 11.3 Å². The highest BCUT2D eigenvalue weighted by atomic mass is 79.9. The molecule has 1 aliphatic rings. The summed E-state index contributed by atoms with van der Waals surface area (Å²) in [5, 5.41) is 17.7. The minimum Gasteiger partial charge on any atom is -0.325 e. The number of thioether (sulfide) groups is 1. The number of hydrogen-bond donors (Lipinski definition) is 2. The summed E-state index contributed by atoms with van der Waals surface area (Å²) in [5.74, 6) is -0.469. The van der Waals surface area contributed by atoms with Crippen molar-refractivity contribution < 1.29 is 9.59 Å². The second kappa shape index (κ2) is 8.95. The number of nitriles is 1. The summed E-state index contributed by atoms with van der Waals surface area (Å²) < 4.78 is 0.961. The van der Waals surface area contributed by atoms with Crippen molar-refractivity contribution in [3.05, 3.63) is 60.7 Å². The monoisotopic (exact) mass is 475 g/mol. The van der Waals surface area contributed by atoms with E-state index in [1.54, 1.807) is 0 Å². The quantitative estimate of drug-likeness (QED) is 0.647. The number of nitrogens with one attached hydrogen (secondary N) is 2. The van der Waals surface area contributed by atoms with E-state index in [0.29, 0.717) is 10.6 Å². The fraction of sp³-hybridized carbons (Fsp3) is 0.250. The topological polar surface area (TPSA) is 82.0 Å². The summed E-state index contributed by atoms with van der Waals surface area (Å²) >= 11 is 6.16. The van der Waals surface area contributed by atoms with E-state index < -0.39 is 0 Å². The summed E-state index contributed by atoms with van der Waals surface area (Å²) in [6.45, 7) is 3.87. The number of amides is 2. The third-order valence-corrected chi connectivity index (χ3v) is 6.81. The van der Waals surface area contributed by atoms with Gasteiger partial charge in [-0.1, -0.05) is 33.8 Å². The van der Waals surface area contributed by atoms with Crippen molar-refractivity contribution in [1.29, 1.82) is 5.26 Å². The van der Waals surface area contributed by atoms with Crippen molar-refractivity contribution in [2.24, 2.45) is 0 Å². The van der Waals surface area contributed by atoms with Gasteiger partial charge in [0.1, 0.15) is 0 Å². The molecule has 3 rings (SSSR count). The van der Waals surface area contributed by atoms with Crippen molar-refractivity contribution in [1.82, 2.24) is 5.32 Å². The van der Waals surface area contributed by atoms with E-state index in [4.69, 9.17) is 0 Å². The number of hydrogen-bond acceptors (Lipinski definition) is 5. The first-order valence-electron chi connectivity index (χ1n) is 8.56. The molecular formula is C20H18BrN3O2S2. The lowest BCUT2D eigenvalue weighted by Crippen LogP contribution is -2.31. The number of anilines is 1. The van der Waals surface area contributed by atoms with Crippen LogP contribution in [0.3, 0.4) is 0 Å². The van der Waals surface area contributed by atoms with Crippen LogP contribution < -0.4 is 10.6 Å². The Kier molecular flexibility index (Phi) is 6.60. The van der Waals surface area contributed by atoms with E-state index in [2.05, 4.69) is 32.6 Å². The molecule has 28 heavy (non-hydrogen) atoms. The minimum atomic E-state index is -0.250. The van der Waals surface area contributed by atoms with Gasteiger partial charge in [0.2, 0.25) is 11.8 Å². The fourth-order valence-corrected chi connectivity index (χ4v) is 5.49. The Bertz CT molecular complexity index is 970. The van der Waals surface area contributed by atoms with Crippen LogP contribution in [0.4, 0.5) is 5.69 Å². The Morgan fingerprint density at radius 2 is 2.14 bits per heavy atom. The van der Waals surface area contributed by atoms with Gasteiger partial charge < -0.3 is 10.6 Å². The molecule has 2 N–H and O–H groups in total. The molecule has 2 amide bonds. The molecule has 8 heteroatoms. The Labute approximate surface area is 180 Å². The molecule has 0 spiro atoms. The van der Waals surface area contributed by atoms with Gasteiger partial charge in [0.25, 0.3) is 0 Å². The van der Waals surface area contributed by atoms with Gasteiger partial charge in [-0.25, -0.2) is 0 Å². The van der Waals surface area contributed by atoms with Crippen LogP contribution >= 0.6 is 39.0 Å². The molecule has 144 valence electrons. The third kappa shape index (κ3) is 4.66. The summed E-state index contributed by atoms with van der Waals surface area (Å²) in [4.78, 5) is 25.6. The molecule has 0 radical (unpaired) electrons. The van der Waals surface area contributed by atoms with Crippen LogP contribution in [0.5, 0.6) is 0 Å². The largest absolute Gasteiger partial charge is 0.325 e. The Hall–Kier alpha value is -2.08. The van der Waals surface area contributed by atoms with Crippen molar-refractivity contribution in [2.45, 2.75) is 26.2 Å². The van der Waals surface area contributed by atoms with Crippen molar-refractivity contribution in [3.63, 3.8) is 0 Å². The highest BCUT2D eigenvalue weighted by molar-refractivity contribution is 9.10. The Morgan fingerprint density at radius 3 is 2.75 bits per heavy atom. The van der Waals surface area contributed by atoms with Crippen molar-refractivity contribution in [2.75, 3.05) is 11.1 Å². The van der Waals surface area contributed by atoms with Gasteiger partial charge in [-0.05, 0) is 48.6 Å². The van der Waals surface area contributed by atoms with Crippen LogP contribution in [0, 0.1) is 25.2 Å². The second-order valence-electron chi connectivity index (χ2n) is 6.43. The number of allylic oxidation sites excluding steroid dienone is 1. The molecular weight excluding hydrogens is 458 g/mol. The zero-order valence-electron chi connectivity index (χ0n) is 15.3. The Balaban J connectivity index is 1.74. The standard InChI is InChI=1S/C20H18BrN3O2S2/c1-11-6-13(21)7-12(2)19(11)23-18(26)10-28-20-15(9-22)14(8-17(25)24-20)16-4-3-5-27-16/h3-7,14H,8,10H2,1-2H3,(H,23,26)(H,24,25)/t14-/m1/s1. The second-order valence-corrected chi connectivity index (χ2v) is 9.31. The van der Waals surface area contributed by atoms with E-state index in [0.717, 1.165) is 26.2 Å². The van der Waals surface area contributed by atoms with Crippen LogP contribution in [-0.4, -0.2) is 17.6 Å². The average molecular weight is 476 g/mol. The van der Waals surface area contributed by atoms with Crippen LogP contribution in [0.2, 0.25) is 0 Å². The lowest BCUT2D eigenvalue weighted by molar-refractivity contribution is -0.121. The number of rotatable bonds is 5. The maximum Gasteiger partial charge on any atom is 0.234 e. The maximum absolute atomic E-state index is 12.5. The summed E-state index contributed by atoms with van der Waals surface area (Å²) in [7, 11) is 0. The molecule has 5 nitrogen and oxygen atoms in total. The molecule has 2 heterocycles. The number of halogens is 1. The molecule has 0 saturated heterocycles. The first kappa shape index (κ1) is 20.6. The zero-order chi connectivity index (χ0) is 20.3. The van der Waals surface area contributed by atoms with E-state index in [9.17, 15) is 14.9 Å². The van der Waals surface area contributed by atoms with E-state index in [1.165, 1.54) is 23.1 Å². The van der Waals surface area contributed by atoms with Gasteiger partial charge >= 0.3 is 0 Å². The highest BCUT2D eigenvalue weighted by Gasteiger charge is 2.30. The van der Waals surface area contributed by atoms with Crippen LogP contribution in [-0.2, 0) is 9.59 Å². The van der Waals surface area contributed by atoms with E-state index in [1.807, 2.05) is 43.5 Å². The molecule has 0 unspecified atom stereocenters. The molecule has 0 fully saturated rings. The lowest BCUT2D eigenvalue weighted by Gasteiger charge is -2.24. The molecule has 0 aliphatic carbocycles. The van der Waals surface area contributed by atoms with Crippen molar-refractivity contribution in [3.8, 4) is 6.07 Å². The fourth-order valence-electron chi connectivity index (χ4n) is 3.09. The molecule has 1 aromatic carbocycles. The van der Waals surface area contributed by atoms with Gasteiger partial charge in [-0.2, -0.15) is 5.26 Å². The molecule has 1 aromatic heterocycles.